The summed E-state index contributed by atoms with van der Waals surface area (Å²) in [5.74, 6) is -2.65. The van der Waals surface area contributed by atoms with Gasteiger partial charge in [-0.15, -0.1) is 11.3 Å². The van der Waals surface area contributed by atoms with E-state index in [4.69, 9.17) is 20.9 Å². The number of halogens is 5. The van der Waals surface area contributed by atoms with Crippen LogP contribution in [0.3, 0.4) is 0 Å². The number of pyridine rings is 1. The number of alkyl halides is 3. The van der Waals surface area contributed by atoms with Crippen LogP contribution in [0.5, 0.6) is 11.8 Å². The van der Waals surface area contributed by atoms with Crippen LogP contribution < -0.4 is 25.8 Å². The van der Waals surface area contributed by atoms with Gasteiger partial charge in [-0.25, -0.2) is 13.8 Å². The molecule has 4 N–H and O–H groups in total. The van der Waals surface area contributed by atoms with Gasteiger partial charge in [0.2, 0.25) is 0 Å². The molecule has 5 aromatic rings. The monoisotopic (exact) mass is 625 g/mol. The molecule has 15 heteroatoms. The average Bonchev–Trinajstić information content (AvgIpc) is 3.52. The Morgan fingerprint density at radius 2 is 1.95 bits per heavy atom. The van der Waals surface area contributed by atoms with Gasteiger partial charge in [0.15, 0.2) is 5.82 Å². The van der Waals surface area contributed by atoms with Gasteiger partial charge in [0.25, 0.3) is 0 Å². The Morgan fingerprint density at radius 1 is 1.16 bits per heavy atom. The Balaban J connectivity index is 1.60. The molecular formula is C29H20F5N7O2S. The first-order chi connectivity index (χ1) is 21.0. The van der Waals surface area contributed by atoms with E-state index in [-0.39, 0.29) is 62.4 Å². The van der Waals surface area contributed by atoms with Crippen molar-refractivity contribution in [1.29, 1.82) is 5.26 Å². The zero-order valence-corrected chi connectivity index (χ0v) is 23.5. The second-order valence-electron chi connectivity index (χ2n) is 10.3. The molecule has 0 amide bonds. The minimum Gasteiger partial charge on any atom is -0.490 e. The largest absolute Gasteiger partial charge is 0.490 e. The van der Waals surface area contributed by atoms with Crippen molar-refractivity contribution >= 4 is 49.0 Å². The van der Waals surface area contributed by atoms with Crippen LogP contribution in [0.1, 0.15) is 34.7 Å². The van der Waals surface area contributed by atoms with Crippen molar-refractivity contribution in [1.82, 2.24) is 15.0 Å². The summed E-state index contributed by atoms with van der Waals surface area (Å²) in [5, 5.41) is 9.10. The average molecular weight is 626 g/mol. The van der Waals surface area contributed by atoms with E-state index in [1.807, 2.05) is 12.1 Å². The van der Waals surface area contributed by atoms with Gasteiger partial charge in [-0.2, -0.15) is 28.4 Å². The summed E-state index contributed by atoms with van der Waals surface area (Å²) < 4.78 is 88.0. The Morgan fingerprint density at radius 3 is 2.68 bits per heavy atom. The van der Waals surface area contributed by atoms with E-state index in [0.29, 0.717) is 29.7 Å². The maximum Gasteiger partial charge on any atom is 0.420 e. The molecule has 1 aliphatic heterocycles. The highest BCUT2D eigenvalue weighted by atomic mass is 32.1. The quantitative estimate of drug-likeness (QED) is 0.227. The number of thiophene rings is 1. The minimum absolute atomic E-state index is 0.0295. The molecule has 0 spiro atoms. The fourth-order valence-corrected chi connectivity index (χ4v) is 7.23. The molecule has 4 heterocycles. The lowest BCUT2D eigenvalue weighted by atomic mass is 9.91. The third kappa shape index (κ3) is 3.90. The summed E-state index contributed by atoms with van der Waals surface area (Å²) in [7, 11) is 1.25. The predicted molar refractivity (Wildman–Crippen MR) is 154 cm³/mol. The number of fused-ring (bicyclic) bond motifs is 2. The van der Waals surface area contributed by atoms with Crippen molar-refractivity contribution in [3.05, 3.63) is 58.3 Å². The third-order valence-electron chi connectivity index (χ3n) is 8.02. The summed E-state index contributed by atoms with van der Waals surface area (Å²) in [6.07, 6.45) is -2.41. The number of methoxy groups -OCH3 is 1. The molecule has 1 atom stereocenters. The number of aryl methyl sites for hydroxylation is 1. The Kier molecular flexibility index (Phi) is 6.19. The van der Waals surface area contributed by atoms with Crippen molar-refractivity contribution < 1.29 is 31.4 Å². The Hall–Kier alpha value is -4.97. The minimum atomic E-state index is -5.17. The van der Waals surface area contributed by atoms with E-state index in [1.165, 1.54) is 7.11 Å². The van der Waals surface area contributed by atoms with Crippen LogP contribution in [0.2, 0.25) is 0 Å². The topological polar surface area (TPSA) is 136 Å². The van der Waals surface area contributed by atoms with Gasteiger partial charge in [0.1, 0.15) is 52.0 Å². The van der Waals surface area contributed by atoms with Gasteiger partial charge >= 0.3 is 12.2 Å². The number of nitrogens with zero attached hydrogens (tertiary/aromatic N) is 5. The standard InChI is InChI=1S/C29H20F5N7O2S/c1-42-28-39-22-19-23(43-9-8-41(27(19)40-28)15-5-2-11-6-7-38-25(36)16(11)15)20(29(32,33)34)18(21(22)31)12-3-4-14(30)24-17(12)13(10-35)26(37)44-24/h3-4,6-7,15H,2,5,8-9,37H2,1H3,(H2,36,38). The summed E-state index contributed by atoms with van der Waals surface area (Å²) >= 11 is 0.682. The molecule has 7 rings (SSSR count). The summed E-state index contributed by atoms with van der Waals surface area (Å²) in [4.78, 5) is 14.5. The number of anilines is 3. The van der Waals surface area contributed by atoms with Gasteiger partial charge in [-0.3, -0.25) is 0 Å². The second-order valence-corrected chi connectivity index (χ2v) is 11.3. The van der Waals surface area contributed by atoms with Crippen molar-refractivity contribution in [3.63, 3.8) is 0 Å². The van der Waals surface area contributed by atoms with Gasteiger partial charge in [0, 0.05) is 22.7 Å². The van der Waals surface area contributed by atoms with Gasteiger partial charge in [-0.05, 0) is 36.1 Å². The first kappa shape index (κ1) is 27.8. The molecule has 9 nitrogen and oxygen atoms in total. The van der Waals surface area contributed by atoms with Crippen LogP contribution in [-0.2, 0) is 12.6 Å². The molecule has 0 saturated carbocycles. The highest BCUT2D eigenvalue weighted by molar-refractivity contribution is 7.23. The van der Waals surface area contributed by atoms with Crippen LogP contribution in [0.4, 0.5) is 38.6 Å². The first-order valence-electron chi connectivity index (χ1n) is 13.3. The highest BCUT2D eigenvalue weighted by Gasteiger charge is 2.44. The van der Waals surface area contributed by atoms with E-state index in [0.717, 1.165) is 17.7 Å². The van der Waals surface area contributed by atoms with E-state index in [1.54, 1.807) is 11.1 Å². The summed E-state index contributed by atoms with van der Waals surface area (Å²) in [5.41, 5.74) is 10.2. The molecular weight excluding hydrogens is 605 g/mol. The molecule has 224 valence electrons. The SMILES string of the molecule is COc1nc2c3c(c(C(F)(F)F)c(-c4ccc(F)c5sc(N)c(C#N)c45)c(F)c3n1)OCCN2C1CCc2ccnc(N)c21. The predicted octanol–water partition coefficient (Wildman–Crippen LogP) is 6.13. The van der Waals surface area contributed by atoms with Crippen LogP contribution in [0, 0.1) is 23.0 Å². The second kappa shape index (κ2) is 9.78. The molecule has 2 aliphatic rings. The van der Waals surface area contributed by atoms with E-state index < -0.39 is 46.2 Å². The third-order valence-corrected chi connectivity index (χ3v) is 9.05. The molecule has 1 aliphatic carbocycles. The van der Waals surface area contributed by atoms with Crippen molar-refractivity contribution in [2.45, 2.75) is 25.1 Å². The van der Waals surface area contributed by atoms with Crippen LogP contribution in [-0.4, -0.2) is 35.2 Å². The summed E-state index contributed by atoms with van der Waals surface area (Å²) in [6.45, 7) is -0.168. The van der Waals surface area contributed by atoms with E-state index in [9.17, 15) is 9.65 Å². The molecule has 2 aromatic carbocycles. The zero-order valence-electron chi connectivity index (χ0n) is 22.7. The fraction of sp³-hybridized carbons (Fsp3) is 0.241. The normalized spacial score (nSPS) is 16.1. The van der Waals surface area contributed by atoms with Crippen molar-refractivity contribution in [2.24, 2.45) is 0 Å². The molecule has 0 fully saturated rings. The lowest BCUT2D eigenvalue weighted by Gasteiger charge is -2.30. The number of nitrogens with two attached hydrogens (primary N) is 2. The number of nitriles is 1. The summed E-state index contributed by atoms with van der Waals surface area (Å²) in [6, 6.07) is 4.79. The maximum atomic E-state index is 16.8. The van der Waals surface area contributed by atoms with Crippen LogP contribution in [0.15, 0.2) is 24.4 Å². The molecule has 0 saturated heterocycles. The lowest BCUT2D eigenvalue weighted by Crippen LogP contribution is -2.32. The van der Waals surface area contributed by atoms with Crippen molar-refractivity contribution in [2.75, 3.05) is 36.6 Å². The number of hydrogen-bond donors (Lipinski definition) is 2. The molecule has 0 radical (unpaired) electrons. The first-order valence-corrected chi connectivity index (χ1v) is 14.1. The highest BCUT2D eigenvalue weighted by Crippen LogP contribution is 2.54. The zero-order chi connectivity index (χ0) is 31.1. The van der Waals surface area contributed by atoms with E-state index >= 15 is 17.6 Å². The smallest absolute Gasteiger partial charge is 0.420 e. The maximum absolute atomic E-state index is 16.8. The molecule has 44 heavy (non-hydrogen) atoms. The number of hydrogen-bond acceptors (Lipinski definition) is 10. The van der Waals surface area contributed by atoms with E-state index in [2.05, 4.69) is 15.0 Å². The lowest BCUT2D eigenvalue weighted by molar-refractivity contribution is -0.138. The number of rotatable bonds is 3. The van der Waals surface area contributed by atoms with Crippen LogP contribution >= 0.6 is 11.3 Å². The fourth-order valence-electron chi connectivity index (χ4n) is 6.28. The molecule has 1 unspecified atom stereocenters. The van der Waals surface area contributed by atoms with Crippen molar-refractivity contribution in [3.8, 4) is 29.0 Å². The Labute approximate surface area is 249 Å². The number of nitrogen functional groups attached to an aromatic ring is 2. The number of benzene rings is 2. The number of ether oxygens (including phenoxy) is 2. The molecule has 0 bridgehead atoms. The molecule has 3 aromatic heterocycles. The van der Waals surface area contributed by atoms with Crippen LogP contribution in [0.25, 0.3) is 32.1 Å². The van der Waals surface area contributed by atoms with Gasteiger partial charge < -0.3 is 25.8 Å². The van der Waals surface area contributed by atoms with Gasteiger partial charge in [0.05, 0.1) is 35.3 Å². The van der Waals surface area contributed by atoms with Gasteiger partial charge in [-0.1, -0.05) is 6.07 Å². The number of aromatic nitrogens is 3. The Bertz CT molecular complexity index is 2070.